The number of rotatable bonds is 0. The molecule has 6 atom stereocenters. The van der Waals surface area contributed by atoms with Crippen LogP contribution in [0.3, 0.4) is 0 Å². The number of aliphatic hydroxyl groups is 4. The van der Waals surface area contributed by atoms with Crippen LogP contribution in [0, 0.1) is 0 Å². The molecule has 0 aromatic rings. The minimum atomic E-state index is -1.10. The Bertz CT molecular complexity index is 203. The van der Waals surface area contributed by atoms with Gasteiger partial charge in [-0.05, 0) is 13.3 Å². The Morgan fingerprint density at radius 2 is 1.64 bits per heavy atom. The number of fused-ring (bicyclic) bond motifs is 1. The zero-order valence-corrected chi connectivity index (χ0v) is 8.11. The van der Waals surface area contributed by atoms with E-state index in [-0.39, 0.29) is 12.1 Å². The van der Waals surface area contributed by atoms with E-state index in [1.165, 1.54) is 0 Å². The lowest BCUT2D eigenvalue weighted by Gasteiger charge is -2.44. The van der Waals surface area contributed by atoms with Gasteiger partial charge in [-0.1, -0.05) is 0 Å². The van der Waals surface area contributed by atoms with Gasteiger partial charge < -0.3 is 20.4 Å². The smallest absolute Gasteiger partial charge is 0.109 e. The highest BCUT2D eigenvalue weighted by Gasteiger charge is 2.49. The average Bonchev–Trinajstić information content (AvgIpc) is 2.54. The Morgan fingerprint density at radius 1 is 1.00 bits per heavy atom. The third kappa shape index (κ3) is 1.36. The van der Waals surface area contributed by atoms with Crippen molar-refractivity contribution in [3.05, 3.63) is 0 Å². The lowest BCUT2D eigenvalue weighted by Crippen LogP contribution is -2.63. The fraction of sp³-hybridized carbons (Fsp3) is 1.00. The molecule has 82 valence electrons. The maximum atomic E-state index is 9.69. The van der Waals surface area contributed by atoms with Crippen LogP contribution in [0.4, 0.5) is 0 Å². The van der Waals surface area contributed by atoms with Crippen molar-refractivity contribution in [2.45, 2.75) is 49.8 Å². The Kier molecular flexibility index (Phi) is 2.53. The van der Waals surface area contributed by atoms with E-state index in [0.717, 1.165) is 0 Å². The molecular weight excluding hydrogens is 186 g/mol. The lowest BCUT2D eigenvalue weighted by atomic mass is 9.89. The molecule has 0 amide bonds. The average molecular weight is 203 g/mol. The molecule has 0 aromatic heterocycles. The first-order chi connectivity index (χ1) is 6.52. The van der Waals surface area contributed by atoms with E-state index >= 15 is 0 Å². The van der Waals surface area contributed by atoms with Gasteiger partial charge in [0.25, 0.3) is 0 Å². The van der Waals surface area contributed by atoms with Crippen molar-refractivity contribution in [2.75, 3.05) is 6.54 Å². The number of hydrogen-bond acceptors (Lipinski definition) is 5. The number of hydrogen-bond donors (Lipinski definition) is 4. The molecule has 2 fully saturated rings. The van der Waals surface area contributed by atoms with Crippen molar-refractivity contribution in [2.24, 2.45) is 0 Å². The van der Waals surface area contributed by atoms with Crippen LogP contribution in [0.1, 0.15) is 13.3 Å². The Balaban J connectivity index is 2.19. The van der Waals surface area contributed by atoms with Crippen molar-refractivity contribution in [1.82, 2.24) is 4.90 Å². The van der Waals surface area contributed by atoms with Crippen molar-refractivity contribution >= 4 is 0 Å². The molecule has 0 aliphatic carbocycles. The second-order valence-corrected chi connectivity index (χ2v) is 4.37. The van der Waals surface area contributed by atoms with E-state index in [1.807, 2.05) is 4.90 Å². The fourth-order valence-corrected chi connectivity index (χ4v) is 2.58. The van der Waals surface area contributed by atoms with Crippen molar-refractivity contribution in [1.29, 1.82) is 0 Å². The molecule has 4 N–H and O–H groups in total. The van der Waals surface area contributed by atoms with Gasteiger partial charge in [0.1, 0.15) is 6.10 Å². The van der Waals surface area contributed by atoms with Crippen molar-refractivity contribution < 1.29 is 20.4 Å². The molecule has 0 bridgehead atoms. The van der Waals surface area contributed by atoms with E-state index < -0.39 is 24.4 Å². The van der Waals surface area contributed by atoms with Gasteiger partial charge in [0.15, 0.2) is 0 Å². The van der Waals surface area contributed by atoms with Crippen LogP contribution in [0.2, 0.25) is 0 Å². The minimum absolute atomic E-state index is 0.212. The van der Waals surface area contributed by atoms with Crippen LogP contribution in [0.25, 0.3) is 0 Å². The zero-order chi connectivity index (χ0) is 10.5. The summed E-state index contributed by atoms with van der Waals surface area (Å²) in [6.07, 6.45) is -2.99. The maximum Gasteiger partial charge on any atom is 0.109 e. The van der Waals surface area contributed by atoms with Crippen molar-refractivity contribution in [3.63, 3.8) is 0 Å². The summed E-state index contributed by atoms with van der Waals surface area (Å²) in [5, 5.41) is 38.3. The first-order valence-electron chi connectivity index (χ1n) is 5.00. The van der Waals surface area contributed by atoms with Gasteiger partial charge in [-0.3, -0.25) is 4.90 Å². The maximum absolute atomic E-state index is 9.69. The zero-order valence-electron chi connectivity index (χ0n) is 8.11. The summed E-state index contributed by atoms with van der Waals surface area (Å²) in [7, 11) is 0. The molecule has 2 saturated heterocycles. The largest absolute Gasteiger partial charge is 0.392 e. The molecule has 0 aromatic carbocycles. The normalized spacial score (nSPS) is 54.6. The summed E-state index contributed by atoms with van der Waals surface area (Å²) in [5.41, 5.74) is 0. The predicted molar refractivity (Wildman–Crippen MR) is 48.6 cm³/mol. The molecule has 2 aliphatic heterocycles. The van der Waals surface area contributed by atoms with Gasteiger partial charge in [-0.25, -0.2) is 0 Å². The molecule has 2 rings (SSSR count). The quantitative estimate of drug-likeness (QED) is 0.363. The van der Waals surface area contributed by atoms with Crippen LogP contribution in [-0.4, -0.2) is 68.4 Å². The summed E-state index contributed by atoms with van der Waals surface area (Å²) in [6, 6.07) is -0.436. The molecule has 2 heterocycles. The molecule has 5 nitrogen and oxygen atoms in total. The molecule has 0 spiro atoms. The molecular formula is C9H17NO4. The highest BCUT2D eigenvalue weighted by Crippen LogP contribution is 2.31. The van der Waals surface area contributed by atoms with Gasteiger partial charge >= 0.3 is 0 Å². The van der Waals surface area contributed by atoms with E-state index in [2.05, 4.69) is 0 Å². The fourth-order valence-electron chi connectivity index (χ4n) is 2.58. The molecule has 5 heteroatoms. The predicted octanol–water partition coefficient (Wildman–Crippen LogP) is -2.09. The van der Waals surface area contributed by atoms with E-state index in [9.17, 15) is 20.4 Å². The van der Waals surface area contributed by atoms with Gasteiger partial charge in [0.05, 0.1) is 18.3 Å². The summed E-state index contributed by atoms with van der Waals surface area (Å²) in [6.45, 7) is 2.26. The van der Waals surface area contributed by atoms with E-state index in [4.69, 9.17) is 0 Å². The number of piperidine rings is 1. The minimum Gasteiger partial charge on any atom is -0.392 e. The standard InChI is InChI=1S/C9H17NO4/c1-4-7(12)9(14)8(13)6-2-5(11)3-10(4)6/h4-9,11-14H,2-3H2,1H3/t4-,5-,6?,7+,8+,9+/m0/s1. The van der Waals surface area contributed by atoms with E-state index in [0.29, 0.717) is 13.0 Å². The third-order valence-electron chi connectivity index (χ3n) is 3.47. The van der Waals surface area contributed by atoms with Crippen LogP contribution < -0.4 is 0 Å². The summed E-state index contributed by atoms with van der Waals surface area (Å²) >= 11 is 0. The van der Waals surface area contributed by atoms with Crippen LogP contribution in [0.5, 0.6) is 0 Å². The lowest BCUT2D eigenvalue weighted by molar-refractivity contribution is -0.149. The highest BCUT2D eigenvalue weighted by molar-refractivity contribution is 5.03. The van der Waals surface area contributed by atoms with Gasteiger partial charge in [0.2, 0.25) is 0 Å². The van der Waals surface area contributed by atoms with Crippen LogP contribution in [0.15, 0.2) is 0 Å². The number of nitrogens with zero attached hydrogens (tertiary/aromatic N) is 1. The molecule has 14 heavy (non-hydrogen) atoms. The first-order valence-corrected chi connectivity index (χ1v) is 5.00. The molecule has 1 unspecified atom stereocenters. The van der Waals surface area contributed by atoms with Crippen LogP contribution in [-0.2, 0) is 0 Å². The van der Waals surface area contributed by atoms with Crippen LogP contribution >= 0.6 is 0 Å². The van der Waals surface area contributed by atoms with E-state index in [1.54, 1.807) is 6.92 Å². The number of aliphatic hydroxyl groups excluding tert-OH is 4. The molecule has 0 saturated carbocycles. The first kappa shape index (κ1) is 10.3. The molecule has 0 radical (unpaired) electrons. The third-order valence-corrected chi connectivity index (χ3v) is 3.47. The highest BCUT2D eigenvalue weighted by atomic mass is 16.4. The second kappa shape index (κ2) is 3.43. The molecule has 2 aliphatic rings. The van der Waals surface area contributed by atoms with Gasteiger partial charge in [-0.2, -0.15) is 0 Å². The summed E-state index contributed by atoms with van der Waals surface area (Å²) in [5.74, 6) is 0. The Labute approximate surface area is 82.6 Å². The SMILES string of the molecule is C[C@H]1[C@@H](O)[C@@H](O)[C@H](O)C2C[C@H](O)CN21. The summed E-state index contributed by atoms with van der Waals surface area (Å²) in [4.78, 5) is 1.87. The second-order valence-electron chi connectivity index (χ2n) is 4.37. The van der Waals surface area contributed by atoms with Gasteiger partial charge in [0, 0.05) is 18.6 Å². The topological polar surface area (TPSA) is 84.2 Å². The Hall–Kier alpha value is -0.200. The van der Waals surface area contributed by atoms with Crippen molar-refractivity contribution in [3.8, 4) is 0 Å². The van der Waals surface area contributed by atoms with Gasteiger partial charge in [-0.15, -0.1) is 0 Å². The Morgan fingerprint density at radius 3 is 2.29 bits per heavy atom. The summed E-state index contributed by atoms with van der Waals surface area (Å²) < 4.78 is 0. The monoisotopic (exact) mass is 203 g/mol.